The van der Waals surface area contributed by atoms with Gasteiger partial charge in [0.05, 0.1) is 28.0 Å². The maximum absolute atomic E-state index is 6.07. The van der Waals surface area contributed by atoms with Crippen LogP contribution >= 0.6 is 0 Å². The van der Waals surface area contributed by atoms with Crippen molar-refractivity contribution < 1.29 is 24.5 Å². The minimum absolute atomic E-state index is 0. The van der Waals surface area contributed by atoms with Crippen molar-refractivity contribution in [2.24, 2.45) is 0 Å². The molecule has 2 aliphatic rings. The van der Waals surface area contributed by atoms with E-state index >= 15 is 0 Å². The molecule has 48 heavy (non-hydrogen) atoms. The first-order chi connectivity index (χ1) is 22.9. The topological polar surface area (TPSA) is 43.9 Å². The molecule has 3 aromatic heterocycles. The number of hydrogen-bond acceptors (Lipinski definition) is 3. The third-order valence-electron chi connectivity index (χ3n) is 9.92. The zero-order chi connectivity index (χ0) is 32.1. The number of rotatable bonds is 4. The van der Waals surface area contributed by atoms with Crippen LogP contribution in [0.1, 0.15) is 81.9 Å². The zero-order valence-electron chi connectivity index (χ0n) is 27.9. The van der Waals surface area contributed by atoms with Crippen LogP contribution in [0.4, 0.5) is 0 Å². The maximum atomic E-state index is 6.07. The van der Waals surface area contributed by atoms with E-state index in [1.807, 2.05) is 42.6 Å². The fraction of sp³-hybridized carbons (Fsp3) is 0.256. The smallest absolute Gasteiger partial charge is 0.120 e. The van der Waals surface area contributed by atoms with Gasteiger partial charge in [-0.1, -0.05) is 85.7 Å². The van der Waals surface area contributed by atoms with E-state index in [0.29, 0.717) is 11.8 Å². The number of aromatic nitrogens is 3. The second-order valence-corrected chi connectivity index (χ2v) is 13.8. The number of fused-ring (bicyclic) bond motifs is 3. The number of nitrogens with zero attached hydrogens (tertiary/aromatic N) is 3. The summed E-state index contributed by atoms with van der Waals surface area (Å²) in [6, 6.07) is 35.7. The first-order valence-electron chi connectivity index (χ1n) is 16.9. The molecule has 1 fully saturated rings. The van der Waals surface area contributed by atoms with E-state index in [2.05, 4.69) is 110 Å². The van der Waals surface area contributed by atoms with Crippen LogP contribution in [0.2, 0.25) is 0 Å². The summed E-state index contributed by atoms with van der Waals surface area (Å²) in [6.07, 6.45) is 11.9. The van der Waals surface area contributed by atoms with Crippen LogP contribution < -0.4 is 0 Å². The number of imidazole rings is 1. The number of benzene rings is 4. The van der Waals surface area contributed by atoms with Gasteiger partial charge in [-0.05, 0) is 68.0 Å². The molecule has 4 aromatic carbocycles. The Bertz CT molecular complexity index is 2270. The SMILES string of the molecule is CC(C)c1ccnc(-c2[c-]ccc3c2oc2ccccc23)c1.CC1(C)C=Cc2c(C3CCCC3)ccc3nc(-c4[c-]cccc4)n1c23.[Ir]. The Morgan fingerprint density at radius 2 is 1.71 bits per heavy atom. The molecule has 0 bridgehead atoms. The van der Waals surface area contributed by atoms with E-state index in [1.165, 1.54) is 47.9 Å². The number of hydrogen-bond donors (Lipinski definition) is 0. The van der Waals surface area contributed by atoms with Crippen LogP contribution in [-0.4, -0.2) is 14.5 Å². The van der Waals surface area contributed by atoms with Crippen LogP contribution in [-0.2, 0) is 25.6 Å². The Kier molecular flexibility index (Phi) is 8.70. The second kappa shape index (κ2) is 13.0. The van der Waals surface area contributed by atoms with E-state index in [0.717, 1.165) is 50.1 Å². The van der Waals surface area contributed by atoms with E-state index in [-0.39, 0.29) is 25.6 Å². The molecule has 0 N–H and O–H groups in total. The first-order valence-corrected chi connectivity index (χ1v) is 16.9. The second-order valence-electron chi connectivity index (χ2n) is 13.8. The van der Waals surface area contributed by atoms with Gasteiger partial charge in [0.25, 0.3) is 0 Å². The van der Waals surface area contributed by atoms with E-state index < -0.39 is 0 Å². The molecule has 1 radical (unpaired) electrons. The Balaban J connectivity index is 0.000000150. The molecule has 1 aliphatic carbocycles. The van der Waals surface area contributed by atoms with E-state index in [9.17, 15) is 0 Å². The van der Waals surface area contributed by atoms with E-state index in [1.54, 1.807) is 0 Å². The van der Waals surface area contributed by atoms with Gasteiger partial charge in [0.2, 0.25) is 0 Å². The Morgan fingerprint density at radius 3 is 2.50 bits per heavy atom. The molecule has 7 aromatic rings. The number of pyridine rings is 1. The van der Waals surface area contributed by atoms with Crippen LogP contribution in [0, 0.1) is 12.1 Å². The van der Waals surface area contributed by atoms with Crippen LogP contribution in [0.5, 0.6) is 0 Å². The maximum Gasteiger partial charge on any atom is 0.120 e. The van der Waals surface area contributed by atoms with Crippen molar-refractivity contribution in [2.75, 3.05) is 0 Å². The fourth-order valence-electron chi connectivity index (χ4n) is 7.43. The Labute approximate surface area is 296 Å². The van der Waals surface area contributed by atoms with Gasteiger partial charge >= 0.3 is 0 Å². The van der Waals surface area contributed by atoms with Gasteiger partial charge < -0.3 is 14.0 Å². The molecule has 0 atom stereocenters. The summed E-state index contributed by atoms with van der Waals surface area (Å²) in [5.74, 6) is 2.20. The van der Waals surface area contributed by atoms with Crippen molar-refractivity contribution in [3.8, 4) is 22.6 Å². The molecule has 4 nitrogen and oxygen atoms in total. The van der Waals surface area contributed by atoms with Crippen molar-refractivity contribution in [2.45, 2.75) is 70.8 Å². The van der Waals surface area contributed by atoms with Crippen molar-refractivity contribution in [3.63, 3.8) is 0 Å². The van der Waals surface area contributed by atoms with Crippen molar-refractivity contribution in [3.05, 3.63) is 126 Å². The Hall–Kier alpha value is -4.31. The van der Waals surface area contributed by atoms with Crippen molar-refractivity contribution in [1.82, 2.24) is 14.5 Å². The summed E-state index contributed by atoms with van der Waals surface area (Å²) in [7, 11) is 0. The molecular formula is C43H39IrN3O-2. The van der Waals surface area contributed by atoms with Gasteiger partial charge in [0.1, 0.15) is 5.58 Å². The molecule has 0 unspecified atom stereocenters. The van der Waals surface area contributed by atoms with Crippen LogP contribution in [0.15, 0.2) is 102 Å². The van der Waals surface area contributed by atoms with Crippen molar-refractivity contribution in [1.29, 1.82) is 0 Å². The molecule has 5 heteroatoms. The van der Waals surface area contributed by atoms with Gasteiger partial charge in [0.15, 0.2) is 0 Å². The predicted octanol–water partition coefficient (Wildman–Crippen LogP) is 11.5. The predicted molar refractivity (Wildman–Crippen MR) is 193 cm³/mol. The molecular weight excluding hydrogens is 767 g/mol. The third-order valence-corrected chi connectivity index (χ3v) is 9.92. The van der Waals surface area contributed by atoms with Crippen LogP contribution in [0.25, 0.3) is 61.7 Å². The van der Waals surface area contributed by atoms with E-state index in [4.69, 9.17) is 9.40 Å². The summed E-state index contributed by atoms with van der Waals surface area (Å²) >= 11 is 0. The Morgan fingerprint density at radius 1 is 0.896 bits per heavy atom. The fourth-order valence-corrected chi connectivity index (χ4v) is 7.43. The average Bonchev–Trinajstić information content (AvgIpc) is 3.86. The number of allylic oxidation sites excluding steroid dienone is 1. The molecule has 9 rings (SSSR count). The third kappa shape index (κ3) is 5.63. The monoisotopic (exact) mass is 806 g/mol. The summed E-state index contributed by atoms with van der Waals surface area (Å²) in [6.45, 7) is 8.90. The standard InChI is InChI=1S/C23H23N2.C20H16NO.Ir/c1-23(2)15-14-19-18(16-8-6-7-9-16)12-13-20-21(19)25(23)22(24-20)17-10-4-3-5-11-17;1-13(2)14-10-11-21-18(12-14)17-8-5-7-16-15-6-3-4-9-19(15)22-20(16)17;/h3-5,10,12-16H,6-9H2,1-2H3;3-7,9-13H,1-2H3;/q2*-1;. The summed E-state index contributed by atoms with van der Waals surface area (Å²) in [5.41, 5.74) is 11.1. The molecule has 0 spiro atoms. The summed E-state index contributed by atoms with van der Waals surface area (Å²) in [5, 5.41) is 2.24. The zero-order valence-corrected chi connectivity index (χ0v) is 30.3. The van der Waals surface area contributed by atoms with Crippen molar-refractivity contribution >= 4 is 39.0 Å². The minimum Gasteiger partial charge on any atom is -0.501 e. The summed E-state index contributed by atoms with van der Waals surface area (Å²) < 4.78 is 8.49. The molecule has 0 saturated heterocycles. The largest absolute Gasteiger partial charge is 0.501 e. The molecule has 1 saturated carbocycles. The average molecular weight is 806 g/mol. The molecule has 0 amide bonds. The van der Waals surface area contributed by atoms with Gasteiger partial charge in [0, 0.05) is 37.3 Å². The first kappa shape index (κ1) is 32.2. The quantitative estimate of drug-likeness (QED) is 0.166. The van der Waals surface area contributed by atoms with Gasteiger partial charge in [-0.25, -0.2) is 0 Å². The summed E-state index contributed by atoms with van der Waals surface area (Å²) in [4.78, 5) is 9.53. The molecule has 1 aliphatic heterocycles. The van der Waals surface area contributed by atoms with Crippen LogP contribution in [0.3, 0.4) is 0 Å². The van der Waals surface area contributed by atoms with Gasteiger partial charge in [-0.3, -0.25) is 4.98 Å². The number of para-hydroxylation sites is 1. The van der Waals surface area contributed by atoms with Gasteiger partial charge in [-0.2, -0.15) is 0 Å². The number of furan rings is 1. The minimum atomic E-state index is -0.0882. The molecule has 243 valence electrons. The molecule has 4 heterocycles. The normalized spacial score (nSPS) is 15.2. The van der Waals surface area contributed by atoms with Gasteiger partial charge in [-0.15, -0.1) is 54.1 Å².